The van der Waals surface area contributed by atoms with Crippen LogP contribution in [0.4, 0.5) is 5.69 Å². The minimum absolute atomic E-state index is 0.359. The molecule has 1 aromatic heterocycles. The number of aromatic nitrogens is 1. The number of rotatable bonds is 7. The summed E-state index contributed by atoms with van der Waals surface area (Å²) in [6.07, 6.45) is 2.64. The predicted octanol–water partition coefficient (Wildman–Crippen LogP) is 3.63. The number of anilines is 1. The number of carbonyl (C=O) groups excluding carboxylic acids is 1. The first-order valence-corrected chi connectivity index (χ1v) is 12.0. The van der Waals surface area contributed by atoms with Gasteiger partial charge in [0.2, 0.25) is 10.0 Å². The quantitative estimate of drug-likeness (QED) is 0.439. The second-order valence-electron chi connectivity index (χ2n) is 7.83. The molecule has 0 saturated heterocycles. The van der Waals surface area contributed by atoms with Gasteiger partial charge in [0, 0.05) is 22.6 Å². The van der Waals surface area contributed by atoms with Crippen LogP contribution in [0.1, 0.15) is 28.1 Å². The fraction of sp³-hybridized carbons (Fsp3) is 0.250. The van der Waals surface area contributed by atoms with Crippen LogP contribution in [0.2, 0.25) is 0 Å². The standard InChI is InChI=1S/C24H28N4O3S/c1-17-11-12-23(13-18(17)2)28-19(3)14-21(20(28)4)15-25-26-24(29)16-27(32(5,30)31)22-9-7-6-8-10-22/h6-15H,16H2,1-5H3,(H,26,29)/b25-15-. The summed E-state index contributed by atoms with van der Waals surface area (Å²) in [5.41, 5.74) is 9.27. The van der Waals surface area contributed by atoms with E-state index in [0.29, 0.717) is 5.69 Å². The van der Waals surface area contributed by atoms with E-state index in [2.05, 4.69) is 47.1 Å². The van der Waals surface area contributed by atoms with Crippen LogP contribution in [-0.2, 0) is 14.8 Å². The van der Waals surface area contributed by atoms with Crippen molar-refractivity contribution < 1.29 is 13.2 Å². The first-order chi connectivity index (χ1) is 15.1. The summed E-state index contributed by atoms with van der Waals surface area (Å²) < 4.78 is 27.4. The van der Waals surface area contributed by atoms with Gasteiger partial charge < -0.3 is 4.57 Å². The van der Waals surface area contributed by atoms with Gasteiger partial charge in [0.1, 0.15) is 6.54 Å². The van der Waals surface area contributed by atoms with Gasteiger partial charge in [0.15, 0.2) is 0 Å². The van der Waals surface area contributed by atoms with E-state index in [4.69, 9.17) is 0 Å². The summed E-state index contributed by atoms with van der Waals surface area (Å²) in [4.78, 5) is 12.4. The lowest BCUT2D eigenvalue weighted by Crippen LogP contribution is -2.38. The third kappa shape index (κ3) is 5.26. The van der Waals surface area contributed by atoms with E-state index in [9.17, 15) is 13.2 Å². The normalized spacial score (nSPS) is 11.7. The highest BCUT2D eigenvalue weighted by Gasteiger charge is 2.20. The molecule has 1 heterocycles. The second kappa shape index (κ2) is 9.40. The van der Waals surface area contributed by atoms with E-state index >= 15 is 0 Å². The smallest absolute Gasteiger partial charge is 0.260 e. The molecule has 0 atom stereocenters. The minimum atomic E-state index is -3.62. The molecule has 8 heteroatoms. The Morgan fingerprint density at radius 2 is 1.72 bits per heavy atom. The van der Waals surface area contributed by atoms with E-state index in [-0.39, 0.29) is 6.54 Å². The SMILES string of the molecule is Cc1ccc(-n2c(C)cc(/C=N\NC(=O)CN(c3ccccc3)S(C)(=O)=O)c2C)cc1C. The van der Waals surface area contributed by atoms with E-state index in [1.165, 1.54) is 11.1 Å². The third-order valence-corrected chi connectivity index (χ3v) is 6.48. The monoisotopic (exact) mass is 452 g/mol. The Bertz CT molecular complexity index is 1260. The molecule has 0 bridgehead atoms. The molecule has 0 aliphatic carbocycles. The Hall–Kier alpha value is -3.39. The maximum absolute atomic E-state index is 12.4. The molecule has 1 amide bonds. The molecule has 3 aromatic rings. The molecule has 0 aliphatic heterocycles. The number of amides is 1. The number of nitrogens with zero attached hydrogens (tertiary/aromatic N) is 3. The summed E-state index contributed by atoms with van der Waals surface area (Å²) in [7, 11) is -3.62. The van der Waals surface area contributed by atoms with Crippen molar-refractivity contribution in [3.63, 3.8) is 0 Å². The zero-order valence-corrected chi connectivity index (χ0v) is 19.8. The van der Waals surface area contributed by atoms with Crippen molar-refractivity contribution in [1.82, 2.24) is 9.99 Å². The van der Waals surface area contributed by atoms with Crippen molar-refractivity contribution in [2.24, 2.45) is 5.10 Å². The van der Waals surface area contributed by atoms with E-state index in [0.717, 1.165) is 33.2 Å². The first-order valence-electron chi connectivity index (χ1n) is 10.2. The molecule has 1 N–H and O–H groups in total. The number of benzene rings is 2. The molecular weight excluding hydrogens is 424 g/mol. The van der Waals surface area contributed by atoms with E-state index in [1.807, 2.05) is 19.9 Å². The van der Waals surface area contributed by atoms with Crippen molar-refractivity contribution in [1.29, 1.82) is 0 Å². The Balaban J connectivity index is 1.74. The van der Waals surface area contributed by atoms with Gasteiger partial charge in [-0.1, -0.05) is 24.3 Å². The van der Waals surface area contributed by atoms with Crippen molar-refractivity contribution in [3.8, 4) is 5.69 Å². The molecule has 0 aliphatic rings. The number of aryl methyl sites for hydroxylation is 3. The largest absolute Gasteiger partial charge is 0.318 e. The summed E-state index contributed by atoms with van der Waals surface area (Å²) in [5.74, 6) is -0.529. The van der Waals surface area contributed by atoms with Crippen LogP contribution in [0.15, 0.2) is 59.7 Å². The van der Waals surface area contributed by atoms with Gasteiger partial charge in [-0.25, -0.2) is 13.8 Å². The van der Waals surface area contributed by atoms with Gasteiger partial charge >= 0.3 is 0 Å². The lowest BCUT2D eigenvalue weighted by atomic mass is 10.1. The summed E-state index contributed by atoms with van der Waals surface area (Å²) in [5, 5.41) is 4.05. The van der Waals surface area contributed by atoms with Crippen LogP contribution in [0.25, 0.3) is 5.69 Å². The Morgan fingerprint density at radius 1 is 1.03 bits per heavy atom. The van der Waals surface area contributed by atoms with Gasteiger partial charge in [0.05, 0.1) is 18.2 Å². The van der Waals surface area contributed by atoms with Crippen LogP contribution in [-0.4, -0.2) is 37.9 Å². The topological polar surface area (TPSA) is 83.8 Å². The average Bonchev–Trinajstić information content (AvgIpc) is 3.01. The van der Waals surface area contributed by atoms with Crippen LogP contribution in [0, 0.1) is 27.7 Å². The molecule has 0 fully saturated rings. The number of carbonyl (C=O) groups is 1. The minimum Gasteiger partial charge on any atom is -0.318 e. The highest BCUT2D eigenvalue weighted by Crippen LogP contribution is 2.22. The van der Waals surface area contributed by atoms with Crippen molar-refractivity contribution in [2.75, 3.05) is 17.1 Å². The van der Waals surface area contributed by atoms with Crippen molar-refractivity contribution in [2.45, 2.75) is 27.7 Å². The molecule has 32 heavy (non-hydrogen) atoms. The van der Waals surface area contributed by atoms with Crippen molar-refractivity contribution >= 4 is 27.8 Å². The van der Waals surface area contributed by atoms with Gasteiger partial charge in [-0.05, 0) is 69.2 Å². The molecule has 7 nitrogen and oxygen atoms in total. The molecule has 0 radical (unpaired) electrons. The highest BCUT2D eigenvalue weighted by molar-refractivity contribution is 7.92. The Kier molecular flexibility index (Phi) is 6.84. The van der Waals surface area contributed by atoms with Gasteiger partial charge in [-0.3, -0.25) is 9.10 Å². The Morgan fingerprint density at radius 3 is 2.34 bits per heavy atom. The van der Waals surface area contributed by atoms with Crippen molar-refractivity contribution in [3.05, 3.63) is 82.7 Å². The molecule has 168 valence electrons. The van der Waals surface area contributed by atoms with Crippen LogP contribution in [0.5, 0.6) is 0 Å². The summed E-state index contributed by atoms with van der Waals surface area (Å²) in [6, 6.07) is 16.8. The maximum atomic E-state index is 12.4. The number of nitrogens with one attached hydrogen (secondary N) is 1. The van der Waals surface area contributed by atoms with Gasteiger partial charge in [-0.2, -0.15) is 5.10 Å². The molecule has 0 saturated carbocycles. The average molecular weight is 453 g/mol. The zero-order valence-electron chi connectivity index (χ0n) is 19.0. The van der Waals surface area contributed by atoms with Gasteiger partial charge in [0.25, 0.3) is 5.91 Å². The van der Waals surface area contributed by atoms with E-state index in [1.54, 1.807) is 36.5 Å². The molecule has 3 rings (SSSR count). The number of para-hydroxylation sites is 1. The fourth-order valence-electron chi connectivity index (χ4n) is 3.51. The fourth-order valence-corrected chi connectivity index (χ4v) is 4.37. The Labute approximate surface area is 189 Å². The lowest BCUT2D eigenvalue weighted by Gasteiger charge is -2.21. The summed E-state index contributed by atoms with van der Waals surface area (Å²) >= 11 is 0. The van der Waals surface area contributed by atoms with Gasteiger partial charge in [-0.15, -0.1) is 0 Å². The lowest BCUT2D eigenvalue weighted by molar-refractivity contribution is -0.119. The second-order valence-corrected chi connectivity index (χ2v) is 9.74. The molecule has 2 aromatic carbocycles. The molecule has 0 spiro atoms. The maximum Gasteiger partial charge on any atom is 0.260 e. The van der Waals surface area contributed by atoms with E-state index < -0.39 is 15.9 Å². The zero-order chi connectivity index (χ0) is 23.5. The molecule has 0 unspecified atom stereocenters. The molecular formula is C24H28N4O3S. The number of sulfonamides is 1. The number of hydrazone groups is 1. The highest BCUT2D eigenvalue weighted by atomic mass is 32.2. The number of hydrogen-bond acceptors (Lipinski definition) is 4. The van der Waals surface area contributed by atoms with Crippen LogP contribution < -0.4 is 9.73 Å². The summed E-state index contributed by atoms with van der Waals surface area (Å²) in [6.45, 7) is 7.81. The third-order valence-electron chi connectivity index (χ3n) is 5.34. The van der Waals surface area contributed by atoms with Crippen LogP contribution >= 0.6 is 0 Å². The predicted molar refractivity (Wildman–Crippen MR) is 129 cm³/mol. The number of hydrogen-bond donors (Lipinski definition) is 1. The first kappa shape index (κ1) is 23.3. The van der Waals surface area contributed by atoms with Crippen LogP contribution in [0.3, 0.4) is 0 Å².